The van der Waals surface area contributed by atoms with Gasteiger partial charge in [0.2, 0.25) is 5.91 Å². The minimum atomic E-state index is -0.101. The van der Waals surface area contributed by atoms with E-state index < -0.39 is 0 Å². The second kappa shape index (κ2) is 6.82. The van der Waals surface area contributed by atoms with E-state index in [2.05, 4.69) is 22.5 Å². The molecule has 0 aromatic carbocycles. The van der Waals surface area contributed by atoms with E-state index in [0.717, 1.165) is 12.2 Å². The van der Waals surface area contributed by atoms with E-state index in [1.807, 2.05) is 6.07 Å². The molecular weight excluding hydrogens is 202 g/mol. The molecule has 2 N–H and O–H groups in total. The number of nitrogens with one attached hydrogen (secondary N) is 2. The third-order valence-corrected chi connectivity index (χ3v) is 2.18. The summed E-state index contributed by atoms with van der Waals surface area (Å²) in [7, 11) is 0. The Morgan fingerprint density at radius 2 is 2.19 bits per heavy atom. The lowest BCUT2D eigenvalue weighted by Crippen LogP contribution is -2.07. The van der Waals surface area contributed by atoms with Crippen LogP contribution in [-0.4, -0.2) is 17.4 Å². The molecule has 0 aliphatic rings. The molecule has 1 rings (SSSR count). The maximum atomic E-state index is 10.8. The highest BCUT2D eigenvalue weighted by atomic mass is 16.1. The maximum Gasteiger partial charge on any atom is 0.222 e. The zero-order chi connectivity index (χ0) is 11.8. The molecule has 0 saturated heterocycles. The van der Waals surface area contributed by atoms with Gasteiger partial charge in [-0.3, -0.25) is 4.79 Å². The molecule has 0 aliphatic carbocycles. The van der Waals surface area contributed by atoms with Crippen LogP contribution in [0.25, 0.3) is 0 Å². The van der Waals surface area contributed by atoms with Gasteiger partial charge in [-0.2, -0.15) is 0 Å². The molecule has 4 heteroatoms. The van der Waals surface area contributed by atoms with E-state index in [0.29, 0.717) is 5.82 Å². The summed E-state index contributed by atoms with van der Waals surface area (Å²) in [6.45, 7) is 4.62. The van der Waals surface area contributed by atoms with E-state index in [-0.39, 0.29) is 5.91 Å². The third kappa shape index (κ3) is 4.77. The fourth-order valence-corrected chi connectivity index (χ4v) is 1.36. The first-order valence-electron chi connectivity index (χ1n) is 5.70. The van der Waals surface area contributed by atoms with E-state index in [4.69, 9.17) is 0 Å². The standard InChI is InChI=1S/C12H19N3O/c1-3-4-5-8-13-11-6-7-12(14-9-11)15-10(2)16/h6-7,9,13H,3-5,8H2,1-2H3,(H,14,15,16). The molecule has 1 amide bonds. The zero-order valence-corrected chi connectivity index (χ0v) is 9.92. The molecule has 16 heavy (non-hydrogen) atoms. The van der Waals surface area contributed by atoms with Crippen molar-refractivity contribution in [1.29, 1.82) is 0 Å². The topological polar surface area (TPSA) is 54.0 Å². The number of rotatable bonds is 6. The molecule has 0 saturated carbocycles. The number of hydrogen-bond acceptors (Lipinski definition) is 3. The molecule has 0 bridgehead atoms. The Hall–Kier alpha value is -1.58. The number of hydrogen-bond donors (Lipinski definition) is 2. The lowest BCUT2D eigenvalue weighted by Gasteiger charge is -2.06. The molecule has 0 unspecified atom stereocenters. The van der Waals surface area contributed by atoms with Crippen LogP contribution in [0.15, 0.2) is 18.3 Å². The fourth-order valence-electron chi connectivity index (χ4n) is 1.36. The van der Waals surface area contributed by atoms with Crippen molar-refractivity contribution in [2.24, 2.45) is 0 Å². The van der Waals surface area contributed by atoms with Crippen molar-refractivity contribution in [3.63, 3.8) is 0 Å². The summed E-state index contributed by atoms with van der Waals surface area (Å²) in [6, 6.07) is 3.72. The Labute approximate surface area is 96.5 Å². The minimum absolute atomic E-state index is 0.101. The number of carbonyl (C=O) groups excluding carboxylic acids is 1. The highest BCUT2D eigenvalue weighted by molar-refractivity contribution is 5.87. The van der Waals surface area contributed by atoms with Gasteiger partial charge in [0, 0.05) is 13.5 Å². The average molecular weight is 221 g/mol. The molecule has 88 valence electrons. The molecule has 0 radical (unpaired) electrons. The van der Waals surface area contributed by atoms with Crippen LogP contribution in [0.4, 0.5) is 11.5 Å². The summed E-state index contributed by atoms with van der Waals surface area (Å²) >= 11 is 0. The number of aromatic nitrogens is 1. The summed E-state index contributed by atoms with van der Waals surface area (Å²) in [4.78, 5) is 14.9. The highest BCUT2D eigenvalue weighted by Crippen LogP contribution is 2.09. The van der Waals surface area contributed by atoms with Crippen molar-refractivity contribution in [3.05, 3.63) is 18.3 Å². The van der Waals surface area contributed by atoms with Gasteiger partial charge < -0.3 is 10.6 Å². The lowest BCUT2D eigenvalue weighted by molar-refractivity contribution is -0.114. The average Bonchev–Trinajstić information content (AvgIpc) is 2.26. The minimum Gasteiger partial charge on any atom is -0.384 e. The summed E-state index contributed by atoms with van der Waals surface area (Å²) < 4.78 is 0. The Balaban J connectivity index is 2.36. The fraction of sp³-hybridized carbons (Fsp3) is 0.500. The first-order valence-corrected chi connectivity index (χ1v) is 5.70. The van der Waals surface area contributed by atoms with Gasteiger partial charge in [-0.05, 0) is 18.6 Å². The SMILES string of the molecule is CCCCCNc1ccc(NC(C)=O)nc1. The monoisotopic (exact) mass is 221 g/mol. The van der Waals surface area contributed by atoms with Crippen molar-refractivity contribution < 1.29 is 4.79 Å². The Kier molecular flexibility index (Phi) is 5.32. The summed E-state index contributed by atoms with van der Waals surface area (Å²) in [5.74, 6) is 0.489. The van der Waals surface area contributed by atoms with Crippen LogP contribution in [0, 0.1) is 0 Å². The van der Waals surface area contributed by atoms with Crippen molar-refractivity contribution >= 4 is 17.4 Å². The summed E-state index contributed by atoms with van der Waals surface area (Å²) in [5, 5.41) is 5.92. The van der Waals surface area contributed by atoms with Gasteiger partial charge in [-0.25, -0.2) is 4.98 Å². The predicted octanol–water partition coefficient (Wildman–Crippen LogP) is 2.64. The number of unbranched alkanes of at least 4 members (excludes halogenated alkanes) is 2. The number of anilines is 2. The Morgan fingerprint density at radius 3 is 2.75 bits per heavy atom. The van der Waals surface area contributed by atoms with Crippen LogP contribution < -0.4 is 10.6 Å². The molecule has 1 heterocycles. The summed E-state index contributed by atoms with van der Waals surface area (Å²) in [5.41, 5.74) is 0.991. The van der Waals surface area contributed by atoms with E-state index in [9.17, 15) is 4.79 Å². The molecule has 0 atom stereocenters. The lowest BCUT2D eigenvalue weighted by atomic mass is 10.2. The van der Waals surface area contributed by atoms with Crippen LogP contribution in [0.3, 0.4) is 0 Å². The second-order valence-corrected chi connectivity index (χ2v) is 3.75. The van der Waals surface area contributed by atoms with Crippen molar-refractivity contribution in [2.45, 2.75) is 33.1 Å². The van der Waals surface area contributed by atoms with Crippen molar-refractivity contribution in [1.82, 2.24) is 4.98 Å². The molecule has 0 fully saturated rings. The first-order chi connectivity index (χ1) is 7.72. The van der Waals surface area contributed by atoms with Gasteiger partial charge >= 0.3 is 0 Å². The Bertz CT molecular complexity index is 322. The largest absolute Gasteiger partial charge is 0.384 e. The quantitative estimate of drug-likeness (QED) is 0.726. The van der Waals surface area contributed by atoms with Gasteiger partial charge in [-0.1, -0.05) is 19.8 Å². The molecule has 0 spiro atoms. The smallest absolute Gasteiger partial charge is 0.222 e. The van der Waals surface area contributed by atoms with Crippen LogP contribution in [0.1, 0.15) is 33.1 Å². The van der Waals surface area contributed by atoms with Gasteiger partial charge in [0.05, 0.1) is 11.9 Å². The van der Waals surface area contributed by atoms with Crippen molar-refractivity contribution in [3.8, 4) is 0 Å². The van der Waals surface area contributed by atoms with Crippen LogP contribution in [-0.2, 0) is 4.79 Å². The van der Waals surface area contributed by atoms with Crippen molar-refractivity contribution in [2.75, 3.05) is 17.2 Å². The summed E-state index contributed by atoms with van der Waals surface area (Å²) in [6.07, 6.45) is 5.37. The first kappa shape index (κ1) is 12.5. The van der Waals surface area contributed by atoms with Gasteiger partial charge in [0.15, 0.2) is 0 Å². The third-order valence-electron chi connectivity index (χ3n) is 2.18. The van der Waals surface area contributed by atoms with Crippen LogP contribution in [0.5, 0.6) is 0 Å². The normalized spacial score (nSPS) is 9.88. The van der Waals surface area contributed by atoms with Crippen LogP contribution >= 0.6 is 0 Å². The second-order valence-electron chi connectivity index (χ2n) is 3.75. The number of nitrogens with zero attached hydrogens (tertiary/aromatic N) is 1. The molecule has 4 nitrogen and oxygen atoms in total. The van der Waals surface area contributed by atoms with Crippen LogP contribution in [0.2, 0.25) is 0 Å². The number of amides is 1. The maximum absolute atomic E-state index is 10.8. The zero-order valence-electron chi connectivity index (χ0n) is 9.92. The molecule has 0 aliphatic heterocycles. The molecular formula is C12H19N3O. The van der Waals surface area contributed by atoms with Gasteiger partial charge in [0.1, 0.15) is 5.82 Å². The molecule has 1 aromatic rings. The van der Waals surface area contributed by atoms with Gasteiger partial charge in [0.25, 0.3) is 0 Å². The van der Waals surface area contributed by atoms with E-state index in [1.54, 1.807) is 12.3 Å². The molecule has 1 aromatic heterocycles. The van der Waals surface area contributed by atoms with E-state index in [1.165, 1.54) is 26.2 Å². The Morgan fingerprint density at radius 1 is 1.38 bits per heavy atom. The van der Waals surface area contributed by atoms with Gasteiger partial charge in [-0.15, -0.1) is 0 Å². The number of carbonyl (C=O) groups is 1. The van der Waals surface area contributed by atoms with E-state index >= 15 is 0 Å². The number of pyridine rings is 1. The predicted molar refractivity (Wildman–Crippen MR) is 66.6 cm³/mol. The highest BCUT2D eigenvalue weighted by Gasteiger charge is 1.97.